The third kappa shape index (κ3) is 6.93. The quantitative estimate of drug-likeness (QED) is 0.108. The van der Waals surface area contributed by atoms with Gasteiger partial charge in [-0.05, 0) is 10.4 Å². The predicted octanol–water partition coefficient (Wildman–Crippen LogP) is -2.52. The number of hydrogen-bond acceptors (Lipinski definition) is 3. The van der Waals surface area contributed by atoms with Gasteiger partial charge in [0.25, 0.3) is 0 Å². The molecule has 1 atom stereocenters. The maximum absolute atomic E-state index is 13.8. The number of carbonyl (C=O) groups is 1. The van der Waals surface area contributed by atoms with E-state index in [0.29, 0.717) is 6.42 Å². The summed E-state index contributed by atoms with van der Waals surface area (Å²) >= 11 is 0. The number of H-pyrrole nitrogens is 1. The first-order valence-corrected chi connectivity index (χ1v) is 12.2. The smallest absolute Gasteiger partial charge is 0.206 e. The second kappa shape index (κ2) is 13.8. The zero-order chi connectivity index (χ0) is 21.8. The fraction of sp³-hybridized carbons (Fsp3) is 0.0741. The molecule has 0 unspecified atom stereocenters. The largest absolute Gasteiger partial charge is 1.00 e. The molecule has 0 amide bonds. The molecular formula is C27H23Cl2HfN3OSi-3. The van der Waals surface area contributed by atoms with Crippen LogP contribution in [0, 0.1) is 0 Å². The van der Waals surface area contributed by atoms with E-state index in [-0.39, 0.29) is 62.5 Å². The number of aromatic amines is 1. The molecule has 0 bridgehead atoms. The van der Waals surface area contributed by atoms with E-state index in [0.717, 1.165) is 22.0 Å². The zero-order valence-corrected chi connectivity index (χ0v) is 24.9. The van der Waals surface area contributed by atoms with Crippen LogP contribution in [0.4, 0.5) is 0 Å². The summed E-state index contributed by atoms with van der Waals surface area (Å²) in [5, 5.41) is 4.62. The monoisotopic (exact) mass is 683 g/mol. The molecule has 8 heteroatoms. The predicted molar refractivity (Wildman–Crippen MR) is 131 cm³/mol. The first kappa shape index (κ1) is 29.0. The van der Waals surface area contributed by atoms with E-state index in [1.54, 1.807) is 12.5 Å². The Balaban J connectivity index is 0.00000144. The molecule has 0 aliphatic heterocycles. The molecule has 4 aromatic carbocycles. The number of aromatic nitrogens is 2. The van der Waals surface area contributed by atoms with Gasteiger partial charge in [-0.2, -0.15) is 0 Å². The number of carbonyl (C=O) groups excluding carboxylic acids is 1. The van der Waals surface area contributed by atoms with E-state index in [1.165, 1.54) is 10.4 Å². The van der Waals surface area contributed by atoms with Gasteiger partial charge < -0.3 is 39.6 Å². The number of nitrogens with zero attached hydrogens (tertiary/aromatic N) is 1. The number of hydrogen-bond donors (Lipinski definition) is 2. The van der Waals surface area contributed by atoms with Crippen molar-refractivity contribution in [2.24, 2.45) is 0 Å². The van der Waals surface area contributed by atoms with Gasteiger partial charge in [0.1, 0.15) is 5.78 Å². The Hall–Kier alpha value is -2.22. The minimum absolute atomic E-state index is 0. The fourth-order valence-corrected chi connectivity index (χ4v) is 6.34. The Morgan fingerprint density at radius 1 is 0.914 bits per heavy atom. The third-order valence-corrected chi connectivity index (χ3v) is 8.10. The van der Waals surface area contributed by atoms with Gasteiger partial charge in [0.15, 0.2) is 0 Å². The molecule has 177 valence electrons. The second-order valence-corrected chi connectivity index (χ2v) is 10.0. The van der Waals surface area contributed by atoms with Crippen LogP contribution in [0.5, 0.6) is 0 Å². The number of imidazole rings is 1. The topological polar surface area (TPSA) is 57.8 Å². The maximum atomic E-state index is 13.8. The summed E-state index contributed by atoms with van der Waals surface area (Å²) in [5.41, 5.74) is 1.68. The van der Waals surface area contributed by atoms with E-state index >= 15 is 0 Å². The van der Waals surface area contributed by atoms with Crippen LogP contribution in [0.2, 0.25) is 0 Å². The molecule has 1 radical (unpaired) electrons. The van der Waals surface area contributed by atoms with E-state index in [2.05, 4.69) is 63.5 Å². The van der Waals surface area contributed by atoms with E-state index < -0.39 is 8.96 Å². The number of rotatable bonds is 8. The molecule has 2 N–H and O–H groups in total. The molecule has 1 aromatic heterocycles. The summed E-state index contributed by atoms with van der Waals surface area (Å²) in [7, 11) is -1.39. The normalized spacial score (nSPS) is 11.2. The van der Waals surface area contributed by atoms with Crippen LogP contribution in [0.1, 0.15) is 16.1 Å². The van der Waals surface area contributed by atoms with Crippen LogP contribution in [-0.4, -0.2) is 30.8 Å². The number of fused-ring (bicyclic) bond motifs is 1. The van der Waals surface area contributed by atoms with Crippen molar-refractivity contribution in [1.29, 1.82) is 0 Å². The van der Waals surface area contributed by atoms with Crippen LogP contribution < -0.4 is 40.2 Å². The Morgan fingerprint density at radius 3 is 2.09 bits per heavy atom. The molecule has 0 saturated heterocycles. The van der Waals surface area contributed by atoms with Crippen molar-refractivity contribution >= 4 is 35.9 Å². The van der Waals surface area contributed by atoms with Crippen molar-refractivity contribution in [1.82, 2.24) is 15.0 Å². The van der Waals surface area contributed by atoms with Crippen molar-refractivity contribution in [3.8, 4) is 0 Å². The molecule has 0 aliphatic carbocycles. The minimum Gasteiger partial charge on any atom is -1.00 e. The molecule has 4 nitrogen and oxygen atoms in total. The molecule has 0 fully saturated rings. The van der Waals surface area contributed by atoms with Gasteiger partial charge in [-0.15, -0.1) is 29.0 Å². The summed E-state index contributed by atoms with van der Waals surface area (Å²) in [6.07, 6.45) is 4.00. The van der Waals surface area contributed by atoms with Gasteiger partial charge in [-0.1, -0.05) is 84.4 Å². The third-order valence-electron chi connectivity index (χ3n) is 5.64. The van der Waals surface area contributed by atoms with Crippen molar-refractivity contribution in [3.05, 3.63) is 121 Å². The number of halogens is 2. The Morgan fingerprint density at radius 2 is 1.51 bits per heavy atom. The summed E-state index contributed by atoms with van der Waals surface area (Å²) < 4.78 is 0. The molecule has 5 rings (SSSR count). The van der Waals surface area contributed by atoms with Gasteiger partial charge in [-0.25, -0.2) is 4.98 Å². The van der Waals surface area contributed by atoms with E-state index in [9.17, 15) is 4.79 Å². The number of Topliss-reactive ketones (excluding diaryl/α,β-unsaturated/α-hetero) is 1. The van der Waals surface area contributed by atoms with Crippen LogP contribution in [0.25, 0.3) is 10.8 Å². The van der Waals surface area contributed by atoms with Gasteiger partial charge in [0.2, 0.25) is 8.96 Å². The summed E-state index contributed by atoms with van der Waals surface area (Å²) in [4.78, 5) is 24.8. The SMILES string of the molecule is O=C(c1cc2ccccc2[cH-]1)[C@H](Cc1cnc[nH]1)N[Si](c1ccccc1)c1ccccc1.[Cl-].[Cl-].[Hf]. The Kier molecular flexibility index (Phi) is 11.4. The number of benzene rings is 3. The van der Waals surface area contributed by atoms with Crippen LogP contribution in [0.15, 0.2) is 110 Å². The van der Waals surface area contributed by atoms with Crippen molar-refractivity contribution in [2.45, 2.75) is 12.5 Å². The Bertz CT molecular complexity index is 1240. The first-order chi connectivity index (χ1) is 15.8. The van der Waals surface area contributed by atoms with E-state index in [4.69, 9.17) is 0 Å². The van der Waals surface area contributed by atoms with Crippen molar-refractivity contribution in [2.75, 3.05) is 0 Å². The molecule has 0 saturated carbocycles. The standard InChI is InChI=1S/C27H23N3OSi.2ClH.Hf/c31-27(22-15-20-9-7-8-10-21(20)16-22)26(17-23-18-28-19-29-23)30-32(24-11-3-1-4-12-24)25-13-5-2-6-14-25;;;/h1-16,18-19,26,30H,17H2,(H,28,29);2*1H;/q-1;;;/p-2/t26-;;;/m0.../s1. The minimum atomic E-state index is -1.39. The second-order valence-electron chi connectivity index (χ2n) is 7.82. The fourth-order valence-electron chi connectivity index (χ4n) is 4.04. The summed E-state index contributed by atoms with van der Waals surface area (Å²) in [6.45, 7) is 0. The van der Waals surface area contributed by atoms with Gasteiger partial charge in [0, 0.05) is 50.2 Å². The molecule has 0 aliphatic rings. The van der Waals surface area contributed by atoms with Gasteiger partial charge >= 0.3 is 0 Å². The summed E-state index contributed by atoms with van der Waals surface area (Å²) in [6, 6.07) is 32.6. The Labute approximate surface area is 238 Å². The average molecular weight is 683 g/mol. The first-order valence-electron chi connectivity index (χ1n) is 10.7. The molecule has 5 aromatic rings. The molecule has 35 heavy (non-hydrogen) atoms. The van der Waals surface area contributed by atoms with Crippen LogP contribution in [0.3, 0.4) is 0 Å². The van der Waals surface area contributed by atoms with Crippen molar-refractivity contribution in [3.63, 3.8) is 0 Å². The molecule has 0 spiro atoms. The average Bonchev–Trinajstić information content (AvgIpc) is 3.52. The van der Waals surface area contributed by atoms with Crippen LogP contribution in [-0.2, 0) is 32.3 Å². The zero-order valence-electron chi connectivity index (χ0n) is 18.8. The van der Waals surface area contributed by atoms with E-state index in [1.807, 2.05) is 48.5 Å². The molecular weight excluding hydrogens is 660 g/mol. The maximum Gasteiger partial charge on any atom is 0.206 e. The van der Waals surface area contributed by atoms with Crippen molar-refractivity contribution < 1.29 is 55.5 Å². The van der Waals surface area contributed by atoms with Gasteiger partial charge in [-0.3, -0.25) is 0 Å². The number of ketones is 1. The van der Waals surface area contributed by atoms with Gasteiger partial charge in [0.05, 0.1) is 6.33 Å². The van der Waals surface area contributed by atoms with Crippen LogP contribution >= 0.6 is 0 Å². The summed E-state index contributed by atoms with van der Waals surface area (Å²) in [5.74, 6) is 0.102. The molecule has 1 heterocycles. The number of nitrogens with one attached hydrogen (secondary N) is 2.